The van der Waals surface area contributed by atoms with Crippen LogP contribution in [0.3, 0.4) is 0 Å². The van der Waals surface area contributed by atoms with Gasteiger partial charge in [0, 0.05) is 12.0 Å². The number of ether oxygens (including phenoxy) is 1. The molecule has 0 saturated carbocycles. The number of esters is 1. The van der Waals surface area contributed by atoms with Gasteiger partial charge in [0.1, 0.15) is 5.69 Å². The molecule has 2 saturated heterocycles. The number of hydrogen-bond donors (Lipinski definition) is 0. The fraction of sp³-hybridized carbons (Fsp3) is 0.500. The molecule has 7 nitrogen and oxygen atoms in total. The maximum atomic E-state index is 13.8. The Kier molecular flexibility index (Phi) is 5.94. The van der Waals surface area contributed by atoms with Gasteiger partial charge >= 0.3 is 12.1 Å². The standard InChI is InChI=1S/C22H22BrF3N4O3/c23-18-19(21(31)33-12-13-5-3-9-29-8-2-1-6-15(13)29)28-30-17(22(24,25)26)11-14(27-20(18)30)16-7-4-10-32-16/h4,7,10-11,13,15H,1-3,5-6,8-9,12H2/t13-,15+/m0/s1. The van der Waals surface area contributed by atoms with Crippen LogP contribution in [0.1, 0.15) is 48.3 Å². The SMILES string of the molecule is O=C(OC[C@@H]1CCCN2CCCC[C@H]12)c1nn2c(C(F)(F)F)cc(-c3ccco3)nc2c1Br. The number of halogens is 4. The molecule has 0 radical (unpaired) electrons. The van der Waals surface area contributed by atoms with Crippen LogP contribution >= 0.6 is 15.9 Å². The molecule has 0 unspecified atom stereocenters. The van der Waals surface area contributed by atoms with Crippen LogP contribution in [0.25, 0.3) is 17.1 Å². The third-order valence-electron chi connectivity index (χ3n) is 6.45. The molecule has 3 aromatic rings. The van der Waals surface area contributed by atoms with Gasteiger partial charge in [-0.15, -0.1) is 0 Å². The minimum Gasteiger partial charge on any atom is -0.463 e. The third kappa shape index (κ3) is 4.28. The van der Waals surface area contributed by atoms with Crippen molar-refractivity contribution >= 4 is 27.5 Å². The van der Waals surface area contributed by atoms with Gasteiger partial charge in [0.15, 0.2) is 22.8 Å². The van der Waals surface area contributed by atoms with Gasteiger partial charge in [0.2, 0.25) is 0 Å². The summed E-state index contributed by atoms with van der Waals surface area (Å²) in [5, 5.41) is 3.92. The molecular formula is C22H22BrF3N4O3. The van der Waals surface area contributed by atoms with Crippen LogP contribution in [0.15, 0.2) is 33.4 Å². The van der Waals surface area contributed by atoms with Crippen molar-refractivity contribution in [1.82, 2.24) is 19.5 Å². The summed E-state index contributed by atoms with van der Waals surface area (Å²) in [6, 6.07) is 4.30. The maximum Gasteiger partial charge on any atom is 0.433 e. The topological polar surface area (TPSA) is 72.9 Å². The normalized spacial score (nSPS) is 21.8. The van der Waals surface area contributed by atoms with Gasteiger partial charge in [-0.1, -0.05) is 6.42 Å². The van der Waals surface area contributed by atoms with Crippen molar-refractivity contribution in [3.63, 3.8) is 0 Å². The molecule has 33 heavy (non-hydrogen) atoms. The molecular weight excluding hydrogens is 505 g/mol. The zero-order chi connectivity index (χ0) is 23.2. The zero-order valence-electron chi connectivity index (χ0n) is 17.6. The van der Waals surface area contributed by atoms with E-state index in [0.717, 1.165) is 44.8 Å². The fourth-order valence-corrected chi connectivity index (χ4v) is 5.39. The average Bonchev–Trinajstić information content (AvgIpc) is 3.45. The Balaban J connectivity index is 1.43. The van der Waals surface area contributed by atoms with Gasteiger partial charge in [-0.3, -0.25) is 4.90 Å². The molecule has 0 N–H and O–H groups in total. The van der Waals surface area contributed by atoms with Crippen molar-refractivity contribution in [1.29, 1.82) is 0 Å². The number of nitrogens with zero attached hydrogens (tertiary/aromatic N) is 4. The van der Waals surface area contributed by atoms with Crippen molar-refractivity contribution < 1.29 is 27.1 Å². The lowest BCUT2D eigenvalue weighted by Crippen LogP contribution is -2.49. The van der Waals surface area contributed by atoms with E-state index in [9.17, 15) is 18.0 Å². The molecule has 5 heterocycles. The van der Waals surface area contributed by atoms with Gasteiger partial charge in [-0.2, -0.15) is 18.3 Å². The second kappa shape index (κ2) is 8.75. The quantitative estimate of drug-likeness (QED) is 0.435. The summed E-state index contributed by atoms with van der Waals surface area (Å²) in [4.78, 5) is 19.5. The first-order valence-corrected chi connectivity index (χ1v) is 11.7. The number of hydrogen-bond acceptors (Lipinski definition) is 6. The third-order valence-corrected chi connectivity index (χ3v) is 7.18. The smallest absolute Gasteiger partial charge is 0.433 e. The number of aromatic nitrogens is 3. The number of piperidine rings is 2. The van der Waals surface area contributed by atoms with E-state index in [4.69, 9.17) is 9.15 Å². The lowest BCUT2D eigenvalue weighted by molar-refractivity contribution is -0.142. The van der Waals surface area contributed by atoms with Gasteiger partial charge in [-0.05, 0) is 72.9 Å². The largest absolute Gasteiger partial charge is 0.463 e. The molecule has 2 atom stereocenters. The highest BCUT2D eigenvalue weighted by Gasteiger charge is 2.38. The highest BCUT2D eigenvalue weighted by atomic mass is 79.9. The van der Waals surface area contributed by atoms with Gasteiger partial charge in [0.05, 0.1) is 17.3 Å². The highest BCUT2D eigenvalue weighted by molar-refractivity contribution is 9.10. The Labute approximate surface area is 196 Å². The zero-order valence-corrected chi connectivity index (χ0v) is 19.2. The van der Waals surface area contributed by atoms with Gasteiger partial charge < -0.3 is 9.15 Å². The molecule has 11 heteroatoms. The van der Waals surface area contributed by atoms with Crippen LogP contribution in [0.2, 0.25) is 0 Å². The Hall–Kier alpha value is -2.40. The van der Waals surface area contributed by atoms with Crippen molar-refractivity contribution in [3.05, 3.63) is 40.3 Å². The Bertz CT molecular complexity index is 1160. The van der Waals surface area contributed by atoms with E-state index >= 15 is 0 Å². The summed E-state index contributed by atoms with van der Waals surface area (Å²) in [5.74, 6) is -0.379. The first-order chi connectivity index (χ1) is 15.8. The van der Waals surface area contributed by atoms with E-state index < -0.39 is 17.8 Å². The van der Waals surface area contributed by atoms with E-state index in [0.29, 0.717) is 10.6 Å². The summed E-state index contributed by atoms with van der Waals surface area (Å²) in [5.41, 5.74) is -1.45. The van der Waals surface area contributed by atoms with Crippen LogP contribution in [-0.2, 0) is 10.9 Å². The molecule has 3 aromatic heterocycles. The second-order valence-electron chi connectivity index (χ2n) is 8.50. The van der Waals surface area contributed by atoms with Crippen LogP contribution < -0.4 is 0 Å². The van der Waals surface area contributed by atoms with Crippen LogP contribution in [0, 0.1) is 5.92 Å². The van der Waals surface area contributed by atoms with E-state index in [1.165, 1.54) is 18.8 Å². The van der Waals surface area contributed by atoms with Gasteiger partial charge in [-0.25, -0.2) is 14.3 Å². The lowest BCUT2D eigenvalue weighted by Gasteiger charge is -2.44. The van der Waals surface area contributed by atoms with Crippen LogP contribution in [0.5, 0.6) is 0 Å². The molecule has 0 spiro atoms. The van der Waals surface area contributed by atoms with E-state index in [2.05, 4.69) is 30.9 Å². The van der Waals surface area contributed by atoms with E-state index in [1.807, 2.05) is 0 Å². The van der Waals surface area contributed by atoms with Crippen LogP contribution in [-0.4, -0.2) is 51.2 Å². The number of carbonyl (C=O) groups is 1. The first-order valence-electron chi connectivity index (χ1n) is 10.9. The van der Waals surface area contributed by atoms with E-state index in [-0.39, 0.29) is 39.8 Å². The fourth-order valence-electron chi connectivity index (χ4n) is 4.90. The Morgan fingerprint density at radius 3 is 2.82 bits per heavy atom. The second-order valence-corrected chi connectivity index (χ2v) is 9.29. The summed E-state index contributed by atoms with van der Waals surface area (Å²) in [7, 11) is 0. The number of carbonyl (C=O) groups excluding carboxylic acids is 1. The molecule has 2 fully saturated rings. The predicted octanol–water partition coefficient (Wildman–Crippen LogP) is 5.19. The molecule has 2 aliphatic rings. The minimum absolute atomic E-state index is 0.0139. The number of alkyl halides is 3. The summed E-state index contributed by atoms with van der Waals surface area (Å²) < 4.78 is 52.8. The maximum absolute atomic E-state index is 13.8. The molecule has 0 aromatic carbocycles. The van der Waals surface area contributed by atoms with Crippen LogP contribution in [0.4, 0.5) is 13.2 Å². The van der Waals surface area contributed by atoms with Gasteiger partial charge in [0.25, 0.3) is 0 Å². The average molecular weight is 527 g/mol. The molecule has 0 bridgehead atoms. The Morgan fingerprint density at radius 1 is 1.24 bits per heavy atom. The first kappa shape index (κ1) is 22.4. The molecule has 176 valence electrons. The van der Waals surface area contributed by atoms with Crippen molar-refractivity contribution in [2.75, 3.05) is 19.7 Å². The lowest BCUT2D eigenvalue weighted by atomic mass is 9.84. The van der Waals surface area contributed by atoms with Crippen molar-refractivity contribution in [3.8, 4) is 11.5 Å². The summed E-state index contributed by atoms with van der Waals surface area (Å²) >= 11 is 3.22. The number of rotatable bonds is 4. The molecule has 0 aliphatic carbocycles. The molecule has 2 aliphatic heterocycles. The molecule has 0 amide bonds. The molecule has 5 rings (SSSR count). The van der Waals surface area contributed by atoms with E-state index in [1.54, 1.807) is 6.07 Å². The number of fused-ring (bicyclic) bond motifs is 2. The summed E-state index contributed by atoms with van der Waals surface area (Å²) in [6.45, 7) is 2.35. The monoisotopic (exact) mass is 526 g/mol. The highest BCUT2D eigenvalue weighted by Crippen LogP contribution is 2.35. The van der Waals surface area contributed by atoms with Crippen molar-refractivity contribution in [2.24, 2.45) is 5.92 Å². The summed E-state index contributed by atoms with van der Waals surface area (Å²) in [6.07, 6.45) is 2.06. The minimum atomic E-state index is -4.72. The number of furan rings is 1. The van der Waals surface area contributed by atoms with Crippen molar-refractivity contribution in [2.45, 2.75) is 44.3 Å². The Morgan fingerprint density at radius 2 is 2.06 bits per heavy atom. The predicted molar refractivity (Wildman–Crippen MR) is 116 cm³/mol.